The van der Waals surface area contributed by atoms with Crippen molar-refractivity contribution >= 4 is 26.0 Å². The molecule has 1 fully saturated rings. The smallest absolute Gasteiger partial charge is 0.245 e. The van der Waals surface area contributed by atoms with Crippen molar-refractivity contribution in [1.29, 1.82) is 0 Å². The summed E-state index contributed by atoms with van der Waals surface area (Å²) in [6, 6.07) is 1.55. The van der Waals surface area contributed by atoms with E-state index >= 15 is 0 Å². The van der Waals surface area contributed by atoms with Gasteiger partial charge in [-0.05, 0) is 41.7 Å². The molecule has 0 aliphatic carbocycles. The van der Waals surface area contributed by atoms with E-state index < -0.39 is 10.0 Å². The Kier molecular flexibility index (Phi) is 6.24. The zero-order valence-corrected chi connectivity index (χ0v) is 14.4. The zero-order valence-electron chi connectivity index (χ0n) is 12.0. The third-order valence-corrected chi connectivity index (χ3v) is 5.53. The lowest BCUT2D eigenvalue weighted by Crippen LogP contribution is -2.31. The quantitative estimate of drug-likeness (QED) is 0.674. The highest BCUT2D eigenvalue weighted by Crippen LogP contribution is 2.26. The maximum atomic E-state index is 12.3. The molecule has 0 bridgehead atoms. The van der Waals surface area contributed by atoms with Crippen LogP contribution in [0.1, 0.15) is 31.9 Å². The Labute approximate surface area is 133 Å². The van der Waals surface area contributed by atoms with E-state index in [0.717, 1.165) is 25.8 Å². The summed E-state index contributed by atoms with van der Waals surface area (Å²) < 4.78 is 38.2. The second-order valence-electron chi connectivity index (χ2n) is 5.01. The predicted octanol–water partition coefficient (Wildman–Crippen LogP) is 2.00. The van der Waals surface area contributed by atoms with Gasteiger partial charge in [0.05, 0.1) is 12.6 Å². The normalized spacial score (nSPS) is 19.2. The molecule has 120 valence electrons. The Bertz CT molecular complexity index is 553. The fraction of sp³-hybridized carbons (Fsp3) is 0.692. The van der Waals surface area contributed by atoms with Gasteiger partial charge in [-0.2, -0.15) is 0 Å². The first-order chi connectivity index (χ1) is 10.0. The fourth-order valence-corrected chi connectivity index (χ4v) is 4.20. The van der Waals surface area contributed by atoms with Crippen LogP contribution in [-0.2, 0) is 21.3 Å². The lowest BCUT2D eigenvalue weighted by atomic mass is 10.2. The summed E-state index contributed by atoms with van der Waals surface area (Å²) in [4.78, 5) is 0.133. The van der Waals surface area contributed by atoms with Crippen molar-refractivity contribution in [2.75, 3.05) is 19.7 Å². The van der Waals surface area contributed by atoms with Crippen LogP contribution in [0.2, 0.25) is 0 Å². The van der Waals surface area contributed by atoms with E-state index in [9.17, 15) is 8.42 Å². The van der Waals surface area contributed by atoms with Crippen LogP contribution in [0.3, 0.4) is 0 Å². The summed E-state index contributed by atoms with van der Waals surface area (Å²) >= 11 is 3.17. The summed E-state index contributed by atoms with van der Waals surface area (Å²) in [5.74, 6) is 0.591. The van der Waals surface area contributed by atoms with Crippen molar-refractivity contribution in [2.45, 2.75) is 43.7 Å². The minimum Gasteiger partial charge on any atom is -0.452 e. The van der Waals surface area contributed by atoms with Crippen LogP contribution >= 0.6 is 15.9 Å². The van der Waals surface area contributed by atoms with Crippen LogP contribution < -0.4 is 10.0 Å². The number of rotatable bonds is 8. The molecule has 21 heavy (non-hydrogen) atoms. The van der Waals surface area contributed by atoms with Gasteiger partial charge in [0.15, 0.2) is 4.67 Å². The number of hydrogen-bond donors (Lipinski definition) is 2. The molecular formula is C13H21BrN2O4S. The van der Waals surface area contributed by atoms with Gasteiger partial charge in [0, 0.05) is 19.2 Å². The first kappa shape index (κ1) is 17.0. The molecule has 1 aromatic rings. The molecule has 1 unspecified atom stereocenters. The van der Waals surface area contributed by atoms with Gasteiger partial charge in [0.25, 0.3) is 0 Å². The number of furan rings is 1. The summed E-state index contributed by atoms with van der Waals surface area (Å²) in [7, 11) is -3.59. The highest BCUT2D eigenvalue weighted by atomic mass is 79.9. The monoisotopic (exact) mass is 380 g/mol. The van der Waals surface area contributed by atoms with Crippen molar-refractivity contribution in [3.05, 3.63) is 16.5 Å². The fourth-order valence-electron chi connectivity index (χ4n) is 2.14. The van der Waals surface area contributed by atoms with Gasteiger partial charge in [-0.25, -0.2) is 13.1 Å². The molecule has 0 saturated carbocycles. The van der Waals surface area contributed by atoms with Crippen LogP contribution in [0.15, 0.2) is 20.0 Å². The highest BCUT2D eigenvalue weighted by molar-refractivity contribution is 9.10. The van der Waals surface area contributed by atoms with Gasteiger partial charge in [0.1, 0.15) is 10.7 Å². The van der Waals surface area contributed by atoms with E-state index in [2.05, 4.69) is 32.9 Å². The average molecular weight is 381 g/mol. The summed E-state index contributed by atoms with van der Waals surface area (Å²) in [5.41, 5.74) is 0. The third-order valence-electron chi connectivity index (χ3n) is 3.25. The number of sulfonamides is 1. The van der Waals surface area contributed by atoms with Gasteiger partial charge in [-0.1, -0.05) is 6.92 Å². The minimum absolute atomic E-state index is 0.0313. The van der Waals surface area contributed by atoms with Crippen LogP contribution in [0.5, 0.6) is 0 Å². The molecule has 1 saturated heterocycles. The van der Waals surface area contributed by atoms with Crippen LogP contribution in [-0.4, -0.2) is 34.2 Å². The maximum absolute atomic E-state index is 12.3. The van der Waals surface area contributed by atoms with Crippen molar-refractivity contribution in [1.82, 2.24) is 10.0 Å². The second-order valence-corrected chi connectivity index (χ2v) is 7.47. The Morgan fingerprint density at radius 2 is 2.29 bits per heavy atom. The molecule has 2 rings (SSSR count). The zero-order chi connectivity index (χ0) is 15.3. The van der Waals surface area contributed by atoms with E-state index in [0.29, 0.717) is 25.5 Å². The Morgan fingerprint density at radius 1 is 1.48 bits per heavy atom. The van der Waals surface area contributed by atoms with Gasteiger partial charge < -0.3 is 14.5 Å². The molecule has 1 aliphatic rings. The van der Waals surface area contributed by atoms with Crippen molar-refractivity contribution in [3.8, 4) is 0 Å². The number of halogens is 1. The molecular weight excluding hydrogens is 360 g/mol. The first-order valence-electron chi connectivity index (χ1n) is 7.13. The molecule has 6 nitrogen and oxygen atoms in total. The van der Waals surface area contributed by atoms with E-state index in [1.165, 1.54) is 0 Å². The first-order valence-corrected chi connectivity index (χ1v) is 9.40. The van der Waals surface area contributed by atoms with Crippen molar-refractivity contribution in [2.24, 2.45) is 0 Å². The van der Waals surface area contributed by atoms with Crippen LogP contribution in [0.25, 0.3) is 0 Å². The summed E-state index contributed by atoms with van der Waals surface area (Å²) in [6.45, 7) is 4.43. The highest BCUT2D eigenvalue weighted by Gasteiger charge is 2.24. The van der Waals surface area contributed by atoms with Gasteiger partial charge in [-0.15, -0.1) is 0 Å². The second kappa shape index (κ2) is 7.73. The van der Waals surface area contributed by atoms with E-state index in [1.54, 1.807) is 6.07 Å². The van der Waals surface area contributed by atoms with E-state index in [-0.39, 0.29) is 15.7 Å². The SMILES string of the molecule is CCCNCc1cc(S(=O)(=O)NCC2CCCO2)c(Br)o1. The molecule has 1 atom stereocenters. The molecule has 2 N–H and O–H groups in total. The van der Waals surface area contributed by atoms with Gasteiger partial charge >= 0.3 is 0 Å². The molecule has 0 radical (unpaired) electrons. The number of hydrogen-bond acceptors (Lipinski definition) is 5. The largest absolute Gasteiger partial charge is 0.452 e. The minimum atomic E-state index is -3.59. The van der Waals surface area contributed by atoms with Gasteiger partial charge in [-0.3, -0.25) is 0 Å². The number of ether oxygens (including phenoxy) is 1. The molecule has 0 amide bonds. The maximum Gasteiger partial charge on any atom is 0.245 e. The van der Waals surface area contributed by atoms with E-state index in [1.807, 2.05) is 0 Å². The predicted molar refractivity (Wildman–Crippen MR) is 82.6 cm³/mol. The molecule has 2 heterocycles. The molecule has 0 spiro atoms. The Morgan fingerprint density at radius 3 is 2.95 bits per heavy atom. The van der Waals surface area contributed by atoms with Gasteiger partial charge in [0.2, 0.25) is 10.0 Å². The third kappa shape index (κ3) is 4.79. The molecule has 1 aliphatic heterocycles. The summed E-state index contributed by atoms with van der Waals surface area (Å²) in [6.07, 6.45) is 2.85. The molecule has 0 aromatic carbocycles. The molecule has 8 heteroatoms. The lowest BCUT2D eigenvalue weighted by Gasteiger charge is -2.10. The topological polar surface area (TPSA) is 80.6 Å². The standard InChI is InChI=1S/C13H21BrN2O4S/c1-2-5-15-8-11-7-12(13(14)20-11)21(17,18)16-9-10-4-3-6-19-10/h7,10,15-16H,2-6,8-9H2,1H3. The Balaban J connectivity index is 1.97. The van der Waals surface area contributed by atoms with Crippen LogP contribution in [0, 0.1) is 0 Å². The number of nitrogens with one attached hydrogen (secondary N) is 2. The van der Waals surface area contributed by atoms with Crippen molar-refractivity contribution < 1.29 is 17.6 Å². The van der Waals surface area contributed by atoms with Crippen LogP contribution in [0.4, 0.5) is 0 Å². The Hall–Kier alpha value is -0.410. The lowest BCUT2D eigenvalue weighted by molar-refractivity contribution is 0.114. The van der Waals surface area contributed by atoms with Crippen molar-refractivity contribution in [3.63, 3.8) is 0 Å². The molecule has 1 aromatic heterocycles. The summed E-state index contributed by atoms with van der Waals surface area (Å²) in [5, 5.41) is 3.17. The van der Waals surface area contributed by atoms with E-state index in [4.69, 9.17) is 9.15 Å². The average Bonchev–Trinajstić information content (AvgIpc) is 3.07.